The summed E-state index contributed by atoms with van der Waals surface area (Å²) in [5.74, 6) is -1.23. The van der Waals surface area contributed by atoms with Crippen molar-refractivity contribution in [3.05, 3.63) is 58.1 Å². The van der Waals surface area contributed by atoms with E-state index in [1.165, 1.54) is 22.5 Å². The number of benzene rings is 2. The molecule has 9 heteroatoms. The Bertz CT molecular complexity index is 1240. The number of carbonyl (C=O) groups excluding carboxylic acids is 2. The predicted octanol–water partition coefficient (Wildman–Crippen LogP) is 5.91. The Morgan fingerprint density at radius 3 is 2.03 bits per heavy atom. The minimum Gasteiger partial charge on any atom is -0.452 e. The molecule has 0 unspecified atom stereocenters. The third kappa shape index (κ3) is 7.33. The zero-order valence-electron chi connectivity index (χ0n) is 22.5. The van der Waals surface area contributed by atoms with Crippen molar-refractivity contribution in [2.75, 3.05) is 25.0 Å². The van der Waals surface area contributed by atoms with Crippen molar-refractivity contribution in [1.82, 2.24) is 4.31 Å². The largest absolute Gasteiger partial charge is 0.452 e. The van der Waals surface area contributed by atoms with Gasteiger partial charge in [-0.05, 0) is 65.1 Å². The zero-order chi connectivity index (χ0) is 27.6. The Morgan fingerprint density at radius 2 is 1.49 bits per heavy atom. The average Bonchev–Trinajstić information content (AvgIpc) is 2.83. The molecule has 0 radical (unpaired) electrons. The van der Waals surface area contributed by atoms with Gasteiger partial charge in [-0.1, -0.05) is 65.6 Å². The SMILES string of the molecule is CC(C)(C)c1cc(C(=O)OCC(=O)Nc2cc(S(=O)(=O)N3CCCCC3)ccc2Cl)cc(C(C)(C)C)c1. The van der Waals surface area contributed by atoms with Crippen molar-refractivity contribution in [2.45, 2.75) is 76.5 Å². The number of esters is 1. The number of piperidine rings is 1. The third-order valence-electron chi connectivity index (χ3n) is 6.40. The number of anilines is 1. The Kier molecular flexibility index (Phi) is 8.77. The van der Waals surface area contributed by atoms with E-state index in [1.54, 1.807) is 12.1 Å². The fourth-order valence-corrected chi connectivity index (χ4v) is 5.74. The molecule has 2 aromatic rings. The lowest BCUT2D eigenvalue weighted by molar-refractivity contribution is -0.119. The number of nitrogens with zero attached hydrogens (tertiary/aromatic N) is 1. The van der Waals surface area contributed by atoms with Crippen molar-refractivity contribution >= 4 is 39.2 Å². The van der Waals surface area contributed by atoms with Crippen LogP contribution in [0.25, 0.3) is 0 Å². The second-order valence-corrected chi connectivity index (χ2v) is 13.9. The molecule has 0 bridgehead atoms. The number of hydrogen-bond acceptors (Lipinski definition) is 5. The Balaban J connectivity index is 1.73. The van der Waals surface area contributed by atoms with Crippen LogP contribution in [0.1, 0.15) is 82.3 Å². The summed E-state index contributed by atoms with van der Waals surface area (Å²) in [6.07, 6.45) is 2.64. The Labute approximate surface area is 225 Å². The van der Waals surface area contributed by atoms with Gasteiger partial charge in [-0.2, -0.15) is 4.31 Å². The molecule has 0 spiro atoms. The first kappa shape index (κ1) is 29.1. The van der Waals surface area contributed by atoms with Crippen LogP contribution in [0.4, 0.5) is 5.69 Å². The first-order chi connectivity index (χ1) is 17.1. The first-order valence-electron chi connectivity index (χ1n) is 12.5. The van der Waals surface area contributed by atoms with Gasteiger partial charge in [-0.3, -0.25) is 4.79 Å². The molecule has 202 valence electrons. The molecule has 2 aromatic carbocycles. The minimum absolute atomic E-state index is 0.0554. The van der Waals surface area contributed by atoms with Crippen LogP contribution in [0.15, 0.2) is 41.3 Å². The molecule has 7 nitrogen and oxygen atoms in total. The van der Waals surface area contributed by atoms with Gasteiger partial charge in [0.05, 0.1) is 21.2 Å². The highest BCUT2D eigenvalue weighted by molar-refractivity contribution is 7.89. The fraction of sp³-hybridized carbons (Fsp3) is 0.500. The lowest BCUT2D eigenvalue weighted by Gasteiger charge is -2.26. The van der Waals surface area contributed by atoms with E-state index in [-0.39, 0.29) is 26.4 Å². The highest BCUT2D eigenvalue weighted by Gasteiger charge is 2.27. The number of halogens is 1. The van der Waals surface area contributed by atoms with Crippen molar-refractivity contribution in [3.63, 3.8) is 0 Å². The molecule has 1 saturated heterocycles. The van der Waals surface area contributed by atoms with Gasteiger partial charge in [0, 0.05) is 13.1 Å². The molecule has 0 aromatic heterocycles. The van der Waals surface area contributed by atoms with E-state index < -0.39 is 28.5 Å². The Morgan fingerprint density at radius 1 is 0.919 bits per heavy atom. The first-order valence-corrected chi connectivity index (χ1v) is 14.3. The van der Waals surface area contributed by atoms with Gasteiger partial charge in [-0.15, -0.1) is 0 Å². The molecular weight excluding hydrogens is 512 g/mol. The summed E-state index contributed by atoms with van der Waals surface area (Å²) >= 11 is 6.22. The minimum atomic E-state index is -3.69. The highest BCUT2D eigenvalue weighted by atomic mass is 35.5. The molecule has 1 amide bonds. The van der Waals surface area contributed by atoms with Gasteiger partial charge in [0.25, 0.3) is 5.91 Å². The van der Waals surface area contributed by atoms with E-state index in [1.807, 2.05) is 0 Å². The molecule has 1 fully saturated rings. The maximum absolute atomic E-state index is 13.0. The second-order valence-electron chi connectivity index (χ2n) is 11.5. The number of rotatable bonds is 6. The van der Waals surface area contributed by atoms with Crippen molar-refractivity contribution in [3.8, 4) is 0 Å². The number of nitrogens with one attached hydrogen (secondary N) is 1. The number of carbonyl (C=O) groups is 2. The van der Waals surface area contributed by atoms with Crippen LogP contribution in [0.5, 0.6) is 0 Å². The fourth-order valence-electron chi connectivity index (χ4n) is 4.03. The molecule has 37 heavy (non-hydrogen) atoms. The van der Waals surface area contributed by atoms with Gasteiger partial charge in [-0.25, -0.2) is 13.2 Å². The molecule has 0 aliphatic carbocycles. The molecule has 1 aliphatic rings. The number of hydrogen-bond donors (Lipinski definition) is 1. The standard InChI is InChI=1S/C28H37ClN2O5S/c1-27(2,3)20-14-19(15-21(16-20)28(4,5)6)26(33)36-18-25(32)30-24-17-22(10-11-23(24)29)37(34,35)31-12-8-7-9-13-31/h10-11,14-17H,7-9,12-13,18H2,1-6H3,(H,30,32). The molecule has 1 aliphatic heterocycles. The number of sulfonamides is 1. The van der Waals surface area contributed by atoms with E-state index in [9.17, 15) is 18.0 Å². The monoisotopic (exact) mass is 548 g/mol. The van der Waals surface area contributed by atoms with E-state index in [2.05, 4.69) is 52.9 Å². The van der Waals surface area contributed by atoms with Gasteiger partial charge in [0.1, 0.15) is 0 Å². The number of ether oxygens (including phenoxy) is 1. The third-order valence-corrected chi connectivity index (χ3v) is 8.62. The molecule has 3 rings (SSSR count). The van der Waals surface area contributed by atoms with Gasteiger partial charge >= 0.3 is 5.97 Å². The van der Waals surface area contributed by atoms with Crippen LogP contribution in [-0.4, -0.2) is 44.3 Å². The summed E-state index contributed by atoms with van der Waals surface area (Å²) in [6, 6.07) is 9.89. The van der Waals surface area contributed by atoms with Crippen molar-refractivity contribution in [1.29, 1.82) is 0 Å². The van der Waals surface area contributed by atoms with Crippen LogP contribution in [-0.2, 0) is 30.4 Å². The normalized spacial score (nSPS) is 15.3. The summed E-state index contributed by atoms with van der Waals surface area (Å²) < 4.78 is 32.8. The summed E-state index contributed by atoms with van der Waals surface area (Å²) in [5, 5.41) is 2.76. The van der Waals surface area contributed by atoms with Gasteiger partial charge in [0.15, 0.2) is 6.61 Å². The molecule has 1 heterocycles. The smallest absolute Gasteiger partial charge is 0.338 e. The quantitative estimate of drug-likeness (QED) is 0.453. The van der Waals surface area contributed by atoms with Crippen LogP contribution >= 0.6 is 11.6 Å². The van der Waals surface area contributed by atoms with Crippen molar-refractivity contribution < 1.29 is 22.7 Å². The molecule has 1 N–H and O–H groups in total. The molecule has 0 atom stereocenters. The van der Waals surface area contributed by atoms with E-state index in [0.717, 1.165) is 30.4 Å². The zero-order valence-corrected chi connectivity index (χ0v) is 24.1. The lowest BCUT2D eigenvalue weighted by Crippen LogP contribution is -2.35. The van der Waals surface area contributed by atoms with Crippen molar-refractivity contribution in [2.24, 2.45) is 0 Å². The topological polar surface area (TPSA) is 92.8 Å². The van der Waals surface area contributed by atoms with Crippen LogP contribution in [0.2, 0.25) is 5.02 Å². The van der Waals surface area contributed by atoms with Crippen LogP contribution in [0.3, 0.4) is 0 Å². The van der Waals surface area contributed by atoms with Gasteiger partial charge in [0.2, 0.25) is 10.0 Å². The summed E-state index contributed by atoms with van der Waals surface area (Å²) in [4.78, 5) is 25.5. The number of amides is 1. The molecule has 0 saturated carbocycles. The average molecular weight is 549 g/mol. The second kappa shape index (κ2) is 11.1. The molecular formula is C28H37ClN2O5S. The van der Waals surface area contributed by atoms with Crippen LogP contribution in [0, 0.1) is 0 Å². The Hall–Kier alpha value is -2.42. The summed E-state index contributed by atoms with van der Waals surface area (Å²) in [5.41, 5.74) is 2.15. The predicted molar refractivity (Wildman–Crippen MR) is 147 cm³/mol. The van der Waals surface area contributed by atoms with Crippen LogP contribution < -0.4 is 5.32 Å². The highest BCUT2D eigenvalue weighted by Crippen LogP contribution is 2.31. The van der Waals surface area contributed by atoms with E-state index in [4.69, 9.17) is 16.3 Å². The summed E-state index contributed by atoms with van der Waals surface area (Å²) in [7, 11) is -3.69. The van der Waals surface area contributed by atoms with Gasteiger partial charge < -0.3 is 10.1 Å². The maximum Gasteiger partial charge on any atom is 0.338 e. The lowest BCUT2D eigenvalue weighted by atomic mass is 9.79. The summed E-state index contributed by atoms with van der Waals surface area (Å²) in [6.45, 7) is 12.8. The maximum atomic E-state index is 13.0. The van der Waals surface area contributed by atoms with E-state index >= 15 is 0 Å². The van der Waals surface area contributed by atoms with E-state index in [0.29, 0.717) is 18.7 Å².